The Morgan fingerprint density at radius 3 is 2.94 bits per heavy atom. The third-order valence-electron chi connectivity index (χ3n) is 1.68. The highest BCUT2D eigenvalue weighted by Crippen LogP contribution is 2.12. The minimum atomic E-state index is -0.902. The predicted octanol–water partition coefficient (Wildman–Crippen LogP) is -0.388. The lowest BCUT2D eigenvalue weighted by Gasteiger charge is -2.05. The van der Waals surface area contributed by atoms with Gasteiger partial charge in [-0.2, -0.15) is 0 Å². The van der Waals surface area contributed by atoms with E-state index in [4.69, 9.17) is 5.73 Å². The maximum atomic E-state index is 11.4. The molecule has 4 N–H and O–H groups in total. The van der Waals surface area contributed by atoms with E-state index in [1.165, 1.54) is 12.3 Å². The molecule has 0 unspecified atom stereocenters. The normalized spacial score (nSPS) is 9.50. The van der Waals surface area contributed by atoms with Crippen molar-refractivity contribution in [1.29, 1.82) is 0 Å². The molecule has 1 aromatic rings. The highest BCUT2D eigenvalue weighted by Gasteiger charge is 2.09. The number of amides is 2. The summed E-state index contributed by atoms with van der Waals surface area (Å²) in [4.78, 5) is 25.3. The number of pyridine rings is 1. The van der Waals surface area contributed by atoms with Crippen molar-refractivity contribution in [3.63, 3.8) is 0 Å². The molecule has 7 nitrogen and oxygen atoms in total. The van der Waals surface area contributed by atoms with Crippen LogP contribution < -0.4 is 11.1 Å². The van der Waals surface area contributed by atoms with Crippen LogP contribution in [0.3, 0.4) is 0 Å². The predicted molar refractivity (Wildman–Crippen MR) is 53.8 cm³/mol. The van der Waals surface area contributed by atoms with Crippen molar-refractivity contribution < 1.29 is 19.4 Å². The lowest BCUT2D eigenvalue weighted by Crippen LogP contribution is -2.29. The minimum Gasteiger partial charge on any atom is -0.505 e. The van der Waals surface area contributed by atoms with E-state index in [0.29, 0.717) is 0 Å². The standard InChI is InChI=1S/C9H11N3O4/c10-9(15)16-4-3-12-8(14)6-1-2-11-5-7(6)13/h1-2,5,13H,3-4H2,(H2,10,15)(H,12,14). The lowest BCUT2D eigenvalue weighted by atomic mass is 10.2. The largest absolute Gasteiger partial charge is 0.505 e. The number of aromatic hydroxyl groups is 1. The monoisotopic (exact) mass is 225 g/mol. The zero-order chi connectivity index (χ0) is 12.0. The van der Waals surface area contributed by atoms with Crippen molar-refractivity contribution in [2.75, 3.05) is 13.2 Å². The SMILES string of the molecule is NC(=O)OCCNC(=O)c1ccncc1O. The summed E-state index contributed by atoms with van der Waals surface area (Å²) in [7, 11) is 0. The van der Waals surface area contributed by atoms with Crippen LogP contribution in [-0.2, 0) is 4.74 Å². The van der Waals surface area contributed by atoms with Crippen LogP contribution in [0.1, 0.15) is 10.4 Å². The molecule has 0 spiro atoms. The molecule has 0 atom stereocenters. The molecular weight excluding hydrogens is 214 g/mol. The average Bonchev–Trinajstić information content (AvgIpc) is 2.24. The Kier molecular flexibility index (Phi) is 4.07. The molecule has 16 heavy (non-hydrogen) atoms. The summed E-state index contributed by atoms with van der Waals surface area (Å²) in [6.07, 6.45) is 1.64. The number of nitrogens with zero attached hydrogens (tertiary/aromatic N) is 1. The fourth-order valence-electron chi connectivity index (χ4n) is 0.990. The van der Waals surface area contributed by atoms with Gasteiger partial charge in [-0.1, -0.05) is 0 Å². The first-order chi connectivity index (χ1) is 7.61. The fraction of sp³-hybridized carbons (Fsp3) is 0.222. The molecule has 7 heteroatoms. The Bertz CT molecular complexity index is 394. The van der Waals surface area contributed by atoms with Crippen LogP contribution in [0.15, 0.2) is 18.5 Å². The maximum absolute atomic E-state index is 11.4. The van der Waals surface area contributed by atoms with Crippen molar-refractivity contribution in [2.24, 2.45) is 5.73 Å². The van der Waals surface area contributed by atoms with Gasteiger partial charge in [-0.25, -0.2) is 4.79 Å². The molecular formula is C9H11N3O4. The van der Waals surface area contributed by atoms with E-state index < -0.39 is 12.0 Å². The van der Waals surface area contributed by atoms with Gasteiger partial charge < -0.3 is 20.9 Å². The molecule has 0 aliphatic rings. The number of carbonyl (C=O) groups is 2. The second-order valence-electron chi connectivity index (χ2n) is 2.82. The lowest BCUT2D eigenvalue weighted by molar-refractivity contribution is 0.0934. The van der Waals surface area contributed by atoms with Crippen LogP contribution in [0, 0.1) is 0 Å². The van der Waals surface area contributed by atoms with Gasteiger partial charge >= 0.3 is 6.09 Å². The molecule has 0 aromatic carbocycles. The van der Waals surface area contributed by atoms with Gasteiger partial charge in [-0.3, -0.25) is 9.78 Å². The molecule has 0 bridgehead atoms. The van der Waals surface area contributed by atoms with Crippen LogP contribution >= 0.6 is 0 Å². The molecule has 0 saturated heterocycles. The van der Waals surface area contributed by atoms with E-state index in [1.54, 1.807) is 0 Å². The topological polar surface area (TPSA) is 115 Å². The molecule has 0 aliphatic carbocycles. The summed E-state index contributed by atoms with van der Waals surface area (Å²) >= 11 is 0. The van der Waals surface area contributed by atoms with Crippen LogP contribution in [0.2, 0.25) is 0 Å². The smallest absolute Gasteiger partial charge is 0.404 e. The molecule has 0 radical (unpaired) electrons. The fourth-order valence-corrected chi connectivity index (χ4v) is 0.990. The van der Waals surface area contributed by atoms with Gasteiger partial charge in [-0.15, -0.1) is 0 Å². The van der Waals surface area contributed by atoms with Crippen LogP contribution in [0.25, 0.3) is 0 Å². The number of primary amides is 1. The summed E-state index contributed by atoms with van der Waals surface area (Å²) < 4.78 is 4.41. The Labute approximate surface area is 91.2 Å². The molecule has 1 rings (SSSR count). The Hall–Kier alpha value is -2.31. The summed E-state index contributed by atoms with van der Waals surface area (Å²) in [5.74, 6) is -0.691. The van der Waals surface area contributed by atoms with Crippen molar-refractivity contribution >= 4 is 12.0 Å². The average molecular weight is 225 g/mol. The van der Waals surface area contributed by atoms with E-state index in [1.807, 2.05) is 0 Å². The first kappa shape index (κ1) is 11.8. The van der Waals surface area contributed by atoms with Gasteiger partial charge in [0.1, 0.15) is 12.4 Å². The highest BCUT2D eigenvalue weighted by atomic mass is 16.5. The molecule has 1 heterocycles. The Morgan fingerprint density at radius 1 is 1.56 bits per heavy atom. The van der Waals surface area contributed by atoms with E-state index in [9.17, 15) is 14.7 Å². The summed E-state index contributed by atoms with van der Waals surface area (Å²) in [6.45, 7) is 0.0937. The van der Waals surface area contributed by atoms with Gasteiger partial charge in [0, 0.05) is 6.20 Å². The molecule has 0 fully saturated rings. The molecule has 0 aliphatic heterocycles. The van der Waals surface area contributed by atoms with Gasteiger partial charge in [0.05, 0.1) is 18.3 Å². The summed E-state index contributed by atoms with van der Waals surface area (Å²) in [5, 5.41) is 11.7. The Balaban J connectivity index is 2.41. The molecule has 0 saturated carbocycles. The zero-order valence-corrected chi connectivity index (χ0v) is 8.34. The molecule has 1 aromatic heterocycles. The molecule has 86 valence electrons. The van der Waals surface area contributed by atoms with Gasteiger partial charge in [0.25, 0.3) is 5.91 Å². The van der Waals surface area contributed by atoms with E-state index >= 15 is 0 Å². The second-order valence-corrected chi connectivity index (χ2v) is 2.82. The van der Waals surface area contributed by atoms with Crippen LogP contribution in [0.5, 0.6) is 5.75 Å². The van der Waals surface area contributed by atoms with Crippen molar-refractivity contribution in [3.05, 3.63) is 24.0 Å². The van der Waals surface area contributed by atoms with Gasteiger partial charge in [0.15, 0.2) is 0 Å². The Morgan fingerprint density at radius 2 is 2.31 bits per heavy atom. The summed E-state index contributed by atoms with van der Waals surface area (Å²) in [6, 6.07) is 1.37. The number of hydrogen-bond acceptors (Lipinski definition) is 5. The molecule has 2 amide bonds. The second kappa shape index (κ2) is 5.54. The van der Waals surface area contributed by atoms with E-state index in [0.717, 1.165) is 6.20 Å². The van der Waals surface area contributed by atoms with E-state index in [2.05, 4.69) is 15.0 Å². The van der Waals surface area contributed by atoms with E-state index in [-0.39, 0.29) is 24.5 Å². The van der Waals surface area contributed by atoms with Crippen molar-refractivity contribution in [1.82, 2.24) is 10.3 Å². The number of carbonyl (C=O) groups excluding carboxylic acids is 2. The van der Waals surface area contributed by atoms with Crippen molar-refractivity contribution in [2.45, 2.75) is 0 Å². The van der Waals surface area contributed by atoms with Crippen LogP contribution in [-0.4, -0.2) is 35.2 Å². The maximum Gasteiger partial charge on any atom is 0.404 e. The number of aromatic nitrogens is 1. The first-order valence-electron chi connectivity index (χ1n) is 4.44. The van der Waals surface area contributed by atoms with Crippen LogP contribution in [0.4, 0.5) is 4.79 Å². The third kappa shape index (κ3) is 3.45. The minimum absolute atomic E-state index is 0.0209. The number of nitrogens with two attached hydrogens (primary N) is 1. The van der Waals surface area contributed by atoms with Gasteiger partial charge in [-0.05, 0) is 6.07 Å². The zero-order valence-electron chi connectivity index (χ0n) is 8.34. The number of rotatable bonds is 4. The number of nitrogens with one attached hydrogen (secondary N) is 1. The number of ether oxygens (including phenoxy) is 1. The van der Waals surface area contributed by atoms with Crippen molar-refractivity contribution in [3.8, 4) is 5.75 Å². The summed E-state index contributed by atoms with van der Waals surface area (Å²) in [5.41, 5.74) is 4.83. The number of hydrogen-bond donors (Lipinski definition) is 3. The first-order valence-corrected chi connectivity index (χ1v) is 4.44. The third-order valence-corrected chi connectivity index (χ3v) is 1.68. The van der Waals surface area contributed by atoms with Gasteiger partial charge in [0.2, 0.25) is 0 Å². The quantitative estimate of drug-likeness (QED) is 0.604. The highest BCUT2D eigenvalue weighted by molar-refractivity contribution is 5.96.